The van der Waals surface area contributed by atoms with Crippen LogP contribution in [0, 0.1) is 0 Å². The summed E-state index contributed by atoms with van der Waals surface area (Å²) in [5, 5.41) is 0. The topological polar surface area (TPSA) is 56.7 Å². The molecule has 3 rings (SSSR count). The molecule has 21 heavy (non-hydrogen) atoms. The molecular formula is C15H14Br2N4. The van der Waals surface area contributed by atoms with Crippen molar-refractivity contribution in [2.75, 3.05) is 5.73 Å². The predicted octanol–water partition coefficient (Wildman–Crippen LogP) is 4.79. The molecule has 2 heterocycles. The Morgan fingerprint density at radius 2 is 2.00 bits per heavy atom. The van der Waals surface area contributed by atoms with Gasteiger partial charge in [-0.15, -0.1) is 0 Å². The SMILES string of the molecule is CC(C)n1c(-c2cc(Br)cc(Br)c2N)nc2cnccc21. The molecule has 0 aliphatic carbocycles. The molecule has 0 aliphatic heterocycles. The molecule has 0 atom stereocenters. The van der Waals surface area contributed by atoms with E-state index >= 15 is 0 Å². The van der Waals surface area contributed by atoms with E-state index in [1.807, 2.05) is 18.2 Å². The summed E-state index contributed by atoms with van der Waals surface area (Å²) in [6, 6.07) is 6.18. The fourth-order valence-corrected chi connectivity index (χ4v) is 3.66. The Hall–Kier alpha value is -1.40. The molecule has 0 amide bonds. The first-order chi connectivity index (χ1) is 9.99. The largest absolute Gasteiger partial charge is 0.397 e. The third-order valence-corrected chi connectivity index (χ3v) is 4.46. The van der Waals surface area contributed by atoms with Crippen LogP contribution in [0.25, 0.3) is 22.4 Å². The average Bonchev–Trinajstić information content (AvgIpc) is 2.82. The minimum atomic E-state index is 0.268. The van der Waals surface area contributed by atoms with Crippen LogP contribution in [0.3, 0.4) is 0 Å². The van der Waals surface area contributed by atoms with Crippen LogP contribution < -0.4 is 5.73 Å². The van der Waals surface area contributed by atoms with Gasteiger partial charge in [-0.25, -0.2) is 4.98 Å². The third-order valence-electron chi connectivity index (χ3n) is 3.34. The van der Waals surface area contributed by atoms with Gasteiger partial charge in [0.15, 0.2) is 0 Å². The lowest BCUT2D eigenvalue weighted by molar-refractivity contribution is 0.624. The van der Waals surface area contributed by atoms with Crippen LogP contribution in [0.4, 0.5) is 5.69 Å². The van der Waals surface area contributed by atoms with Crippen LogP contribution in [0.15, 0.2) is 39.5 Å². The van der Waals surface area contributed by atoms with Gasteiger partial charge >= 0.3 is 0 Å². The molecule has 0 saturated carbocycles. The maximum atomic E-state index is 6.24. The molecule has 0 unspecified atom stereocenters. The number of imidazole rings is 1. The second-order valence-corrected chi connectivity index (χ2v) is 6.88. The predicted molar refractivity (Wildman–Crippen MR) is 93.2 cm³/mol. The van der Waals surface area contributed by atoms with Gasteiger partial charge < -0.3 is 10.3 Å². The van der Waals surface area contributed by atoms with Crippen molar-refractivity contribution in [1.82, 2.24) is 14.5 Å². The molecule has 2 aromatic heterocycles. The van der Waals surface area contributed by atoms with Crippen molar-refractivity contribution in [1.29, 1.82) is 0 Å². The number of anilines is 1. The van der Waals surface area contributed by atoms with E-state index in [-0.39, 0.29) is 6.04 Å². The lowest BCUT2D eigenvalue weighted by Crippen LogP contribution is -2.05. The van der Waals surface area contributed by atoms with Crippen LogP contribution in [-0.2, 0) is 0 Å². The van der Waals surface area contributed by atoms with Crippen molar-refractivity contribution in [2.45, 2.75) is 19.9 Å². The van der Waals surface area contributed by atoms with Crippen LogP contribution in [0.1, 0.15) is 19.9 Å². The van der Waals surface area contributed by atoms with Gasteiger partial charge in [-0.2, -0.15) is 0 Å². The Balaban J connectivity index is 2.38. The minimum absolute atomic E-state index is 0.268. The van der Waals surface area contributed by atoms with Gasteiger partial charge in [0.2, 0.25) is 0 Å². The highest BCUT2D eigenvalue weighted by molar-refractivity contribution is 9.11. The first-order valence-corrected chi connectivity index (χ1v) is 8.14. The summed E-state index contributed by atoms with van der Waals surface area (Å²) in [6.07, 6.45) is 3.56. The number of fused-ring (bicyclic) bond motifs is 1. The Morgan fingerprint density at radius 1 is 1.24 bits per heavy atom. The molecule has 6 heteroatoms. The summed E-state index contributed by atoms with van der Waals surface area (Å²) in [5.74, 6) is 0.854. The van der Waals surface area contributed by atoms with Crippen molar-refractivity contribution in [3.8, 4) is 11.4 Å². The van der Waals surface area contributed by atoms with E-state index in [1.54, 1.807) is 12.4 Å². The molecular weight excluding hydrogens is 396 g/mol. The molecule has 108 valence electrons. The maximum Gasteiger partial charge on any atom is 0.143 e. The highest BCUT2D eigenvalue weighted by Crippen LogP contribution is 2.37. The maximum absolute atomic E-state index is 6.24. The smallest absolute Gasteiger partial charge is 0.143 e. The summed E-state index contributed by atoms with van der Waals surface area (Å²) < 4.78 is 3.99. The highest BCUT2D eigenvalue weighted by atomic mass is 79.9. The van der Waals surface area contributed by atoms with Gasteiger partial charge in [-0.3, -0.25) is 4.98 Å². The van der Waals surface area contributed by atoms with E-state index in [4.69, 9.17) is 10.7 Å². The Bertz CT molecular complexity index is 824. The average molecular weight is 410 g/mol. The summed E-state index contributed by atoms with van der Waals surface area (Å²) in [5.41, 5.74) is 9.76. The number of nitrogen functional groups attached to an aromatic ring is 1. The number of hydrogen-bond acceptors (Lipinski definition) is 3. The van der Waals surface area contributed by atoms with E-state index in [0.29, 0.717) is 5.69 Å². The molecule has 1 aromatic carbocycles. The lowest BCUT2D eigenvalue weighted by Gasteiger charge is -2.15. The Morgan fingerprint density at radius 3 is 2.71 bits per heavy atom. The second-order valence-electron chi connectivity index (χ2n) is 5.11. The zero-order valence-electron chi connectivity index (χ0n) is 11.6. The second kappa shape index (κ2) is 5.42. The summed E-state index contributed by atoms with van der Waals surface area (Å²) in [6.45, 7) is 4.27. The van der Waals surface area contributed by atoms with Crippen molar-refractivity contribution in [3.63, 3.8) is 0 Å². The number of halogens is 2. The fourth-order valence-electron chi connectivity index (χ4n) is 2.43. The first-order valence-electron chi connectivity index (χ1n) is 6.56. The summed E-state index contributed by atoms with van der Waals surface area (Å²) in [7, 11) is 0. The molecule has 0 saturated heterocycles. The number of rotatable bonds is 2. The van der Waals surface area contributed by atoms with E-state index in [1.165, 1.54) is 0 Å². The monoisotopic (exact) mass is 408 g/mol. The molecule has 0 radical (unpaired) electrons. The van der Waals surface area contributed by atoms with Gasteiger partial charge in [0.1, 0.15) is 11.3 Å². The van der Waals surface area contributed by atoms with Crippen LogP contribution in [-0.4, -0.2) is 14.5 Å². The Labute approximate surface area is 139 Å². The number of aromatic nitrogens is 3. The first kappa shape index (κ1) is 14.5. The minimum Gasteiger partial charge on any atom is -0.397 e. The van der Waals surface area contributed by atoms with Gasteiger partial charge in [-0.1, -0.05) is 15.9 Å². The number of hydrogen-bond donors (Lipinski definition) is 1. The zero-order chi connectivity index (χ0) is 15.1. The number of benzene rings is 1. The number of nitrogens with two attached hydrogens (primary N) is 1. The lowest BCUT2D eigenvalue weighted by atomic mass is 10.1. The number of pyridine rings is 1. The molecule has 4 nitrogen and oxygen atoms in total. The van der Waals surface area contributed by atoms with Gasteiger partial charge in [0.25, 0.3) is 0 Å². The summed E-state index contributed by atoms with van der Waals surface area (Å²) >= 11 is 7.01. The van der Waals surface area contributed by atoms with Crippen LogP contribution >= 0.6 is 31.9 Å². The summed E-state index contributed by atoms with van der Waals surface area (Å²) in [4.78, 5) is 8.88. The number of nitrogens with zero attached hydrogens (tertiary/aromatic N) is 3. The molecule has 2 N–H and O–H groups in total. The van der Waals surface area contributed by atoms with Crippen LogP contribution in [0.5, 0.6) is 0 Å². The van der Waals surface area contributed by atoms with E-state index in [0.717, 1.165) is 31.4 Å². The normalized spacial score (nSPS) is 11.5. The van der Waals surface area contributed by atoms with Crippen molar-refractivity contribution < 1.29 is 0 Å². The van der Waals surface area contributed by atoms with E-state index < -0.39 is 0 Å². The fraction of sp³-hybridized carbons (Fsp3) is 0.200. The quantitative estimate of drug-likeness (QED) is 0.619. The van der Waals surface area contributed by atoms with Gasteiger partial charge in [0, 0.05) is 26.7 Å². The van der Waals surface area contributed by atoms with E-state index in [9.17, 15) is 0 Å². The van der Waals surface area contributed by atoms with Gasteiger partial charge in [0.05, 0.1) is 17.4 Å². The zero-order valence-corrected chi connectivity index (χ0v) is 14.8. The molecule has 0 fully saturated rings. The highest BCUT2D eigenvalue weighted by Gasteiger charge is 2.18. The van der Waals surface area contributed by atoms with Crippen LogP contribution in [0.2, 0.25) is 0 Å². The molecule has 3 aromatic rings. The third kappa shape index (κ3) is 2.46. The standard InChI is InChI=1S/C15H14Br2N4/c1-8(2)21-13-3-4-19-7-12(13)20-15(21)10-5-9(16)6-11(17)14(10)18/h3-8H,18H2,1-2H3. The van der Waals surface area contributed by atoms with Crippen molar-refractivity contribution in [2.24, 2.45) is 0 Å². The van der Waals surface area contributed by atoms with E-state index in [2.05, 4.69) is 55.3 Å². The molecule has 0 bridgehead atoms. The van der Waals surface area contributed by atoms with Crippen molar-refractivity contribution in [3.05, 3.63) is 39.5 Å². The van der Waals surface area contributed by atoms with Gasteiger partial charge in [-0.05, 0) is 48.0 Å². The molecule has 0 aliphatic rings. The Kier molecular flexibility index (Phi) is 3.75. The van der Waals surface area contributed by atoms with Crippen molar-refractivity contribution >= 4 is 48.6 Å². The molecule has 0 spiro atoms.